The number of quaternary nitrogens is 1. The number of hydrogen-bond donors (Lipinski definition) is 1. The first-order valence-corrected chi connectivity index (χ1v) is 33.1. The van der Waals surface area contributed by atoms with Crippen LogP contribution in [0.3, 0.4) is 0 Å². The molecular weight excluding hydrogens is 952 g/mol. The number of rotatable bonds is 57. The van der Waals surface area contributed by atoms with Crippen LogP contribution in [0.15, 0.2) is 60.8 Å². The van der Waals surface area contributed by atoms with E-state index in [1.165, 1.54) is 167 Å². The number of unbranched alkanes of at least 4 members (excludes halogenated alkanes) is 33. The van der Waals surface area contributed by atoms with Crippen LogP contribution in [-0.4, -0.2) is 69.4 Å². The van der Waals surface area contributed by atoms with Crippen molar-refractivity contribution in [3.8, 4) is 0 Å². The highest BCUT2D eigenvalue weighted by Gasteiger charge is 2.27. The summed E-state index contributed by atoms with van der Waals surface area (Å²) in [5.74, 6) is -0.545. The molecule has 0 aliphatic rings. The van der Waals surface area contributed by atoms with Crippen molar-refractivity contribution < 1.29 is 37.3 Å². The summed E-state index contributed by atoms with van der Waals surface area (Å²) in [6, 6.07) is -0.893. The second-order valence-electron chi connectivity index (χ2n) is 22.6. The first-order chi connectivity index (χ1) is 36.4. The van der Waals surface area contributed by atoms with Crippen LogP contribution in [-0.2, 0) is 27.9 Å². The molecule has 0 aromatic heterocycles. The predicted octanol–water partition coefficient (Wildman–Crippen LogP) is 18.8. The lowest BCUT2D eigenvalue weighted by atomic mass is 10.0. The van der Waals surface area contributed by atoms with Crippen molar-refractivity contribution in [1.29, 1.82) is 0 Å². The van der Waals surface area contributed by atoms with Crippen LogP contribution >= 0.6 is 7.82 Å². The molecule has 0 saturated heterocycles. The molecule has 0 fully saturated rings. The van der Waals surface area contributed by atoms with Gasteiger partial charge in [-0.05, 0) is 76.7 Å². The Morgan fingerprint density at radius 2 is 0.813 bits per heavy atom. The SMILES string of the molecule is CCCCC/C=C\C/C=C\C/C=C\C/C=C\CCCCCCCCCC(=O)NC(COP(=O)([O-])OCC[N+](C)(C)C)C(/C=C\CCCCCCCCCCCCC)OC(=O)CCCCCCCCCCCCCCC. The average Bonchev–Trinajstić information content (AvgIpc) is 3.37. The van der Waals surface area contributed by atoms with Crippen molar-refractivity contribution in [3.63, 3.8) is 0 Å². The number of ether oxygens (including phenoxy) is 1. The van der Waals surface area contributed by atoms with E-state index in [1.54, 1.807) is 0 Å². The lowest BCUT2D eigenvalue weighted by Gasteiger charge is -2.30. The van der Waals surface area contributed by atoms with Gasteiger partial charge in [0.1, 0.15) is 19.3 Å². The molecular formula is C65H121N2O7P. The third-order valence-electron chi connectivity index (χ3n) is 14.0. The lowest BCUT2D eigenvalue weighted by Crippen LogP contribution is -2.47. The van der Waals surface area contributed by atoms with E-state index in [2.05, 4.69) is 74.7 Å². The fraction of sp³-hybridized carbons (Fsp3) is 0.815. The number of amides is 1. The summed E-state index contributed by atoms with van der Waals surface area (Å²) in [6.45, 7) is 6.82. The van der Waals surface area contributed by atoms with Crippen molar-refractivity contribution in [2.75, 3.05) is 40.9 Å². The van der Waals surface area contributed by atoms with Gasteiger partial charge in [0.2, 0.25) is 5.91 Å². The normalized spacial score (nSPS) is 14.1. The Kier molecular flexibility index (Phi) is 53.4. The van der Waals surface area contributed by atoms with E-state index in [9.17, 15) is 19.0 Å². The van der Waals surface area contributed by atoms with Crippen LogP contribution in [0.4, 0.5) is 0 Å². The first kappa shape index (κ1) is 72.7. The molecule has 0 bridgehead atoms. The van der Waals surface area contributed by atoms with Crippen LogP contribution in [0, 0.1) is 0 Å². The smallest absolute Gasteiger partial charge is 0.306 e. The Bertz CT molecular complexity index is 1470. The van der Waals surface area contributed by atoms with Gasteiger partial charge in [-0.2, -0.15) is 0 Å². The van der Waals surface area contributed by atoms with Gasteiger partial charge >= 0.3 is 5.97 Å². The van der Waals surface area contributed by atoms with E-state index in [-0.39, 0.29) is 24.9 Å². The minimum atomic E-state index is -4.70. The molecule has 0 radical (unpaired) electrons. The molecule has 0 spiro atoms. The van der Waals surface area contributed by atoms with E-state index >= 15 is 0 Å². The molecule has 0 heterocycles. The molecule has 0 aromatic rings. The van der Waals surface area contributed by atoms with Gasteiger partial charge in [0, 0.05) is 12.8 Å². The summed E-state index contributed by atoms with van der Waals surface area (Å²) in [7, 11) is 1.18. The van der Waals surface area contributed by atoms with Crippen LogP contribution in [0.25, 0.3) is 0 Å². The number of esters is 1. The maximum absolute atomic E-state index is 13.5. The minimum Gasteiger partial charge on any atom is -0.756 e. The Balaban J connectivity index is 5.22. The molecule has 0 aliphatic carbocycles. The molecule has 0 aliphatic heterocycles. The number of carbonyl (C=O) groups excluding carboxylic acids is 2. The molecule has 438 valence electrons. The maximum Gasteiger partial charge on any atom is 0.306 e. The molecule has 0 aromatic carbocycles. The van der Waals surface area contributed by atoms with Crippen molar-refractivity contribution >= 4 is 19.7 Å². The molecule has 10 heteroatoms. The van der Waals surface area contributed by atoms with E-state index in [4.69, 9.17) is 13.8 Å². The minimum absolute atomic E-state index is 0.0247. The van der Waals surface area contributed by atoms with Crippen molar-refractivity contribution in [1.82, 2.24) is 5.32 Å². The van der Waals surface area contributed by atoms with Gasteiger partial charge in [-0.1, -0.05) is 262 Å². The van der Waals surface area contributed by atoms with Gasteiger partial charge in [0.15, 0.2) is 0 Å². The molecule has 9 nitrogen and oxygen atoms in total. The number of nitrogens with one attached hydrogen (secondary N) is 1. The summed E-state index contributed by atoms with van der Waals surface area (Å²) < 4.78 is 30.3. The van der Waals surface area contributed by atoms with Crippen LogP contribution in [0.1, 0.15) is 290 Å². The van der Waals surface area contributed by atoms with Crippen molar-refractivity contribution in [2.45, 2.75) is 303 Å². The first-order valence-electron chi connectivity index (χ1n) is 31.6. The van der Waals surface area contributed by atoms with Crippen LogP contribution in [0.2, 0.25) is 0 Å². The Morgan fingerprint density at radius 3 is 1.24 bits per heavy atom. The maximum atomic E-state index is 13.5. The molecule has 3 unspecified atom stereocenters. The molecule has 1 amide bonds. The van der Waals surface area contributed by atoms with Crippen LogP contribution in [0.5, 0.6) is 0 Å². The average molecular weight is 1070 g/mol. The van der Waals surface area contributed by atoms with E-state index in [0.717, 1.165) is 89.9 Å². The number of allylic oxidation sites excluding steroid dienone is 9. The van der Waals surface area contributed by atoms with Crippen LogP contribution < -0.4 is 10.2 Å². The van der Waals surface area contributed by atoms with Gasteiger partial charge in [-0.3, -0.25) is 14.2 Å². The van der Waals surface area contributed by atoms with Crippen molar-refractivity contribution in [2.24, 2.45) is 0 Å². The molecule has 0 rings (SSSR count). The summed E-state index contributed by atoms with van der Waals surface area (Å²) in [6.07, 6.45) is 68.9. The second-order valence-corrected chi connectivity index (χ2v) is 24.0. The highest BCUT2D eigenvalue weighted by Crippen LogP contribution is 2.38. The van der Waals surface area contributed by atoms with Crippen molar-refractivity contribution in [3.05, 3.63) is 60.8 Å². The zero-order valence-electron chi connectivity index (χ0n) is 50.0. The predicted molar refractivity (Wildman–Crippen MR) is 321 cm³/mol. The highest BCUT2D eigenvalue weighted by molar-refractivity contribution is 7.45. The number of phosphoric acid groups is 1. The molecule has 1 N–H and O–H groups in total. The fourth-order valence-electron chi connectivity index (χ4n) is 9.04. The lowest BCUT2D eigenvalue weighted by molar-refractivity contribution is -0.870. The van der Waals surface area contributed by atoms with E-state index < -0.39 is 26.6 Å². The number of nitrogens with zero attached hydrogens (tertiary/aromatic N) is 1. The van der Waals surface area contributed by atoms with E-state index in [1.807, 2.05) is 33.3 Å². The zero-order chi connectivity index (χ0) is 55.0. The van der Waals surface area contributed by atoms with Gasteiger partial charge < -0.3 is 28.5 Å². The van der Waals surface area contributed by atoms with Gasteiger partial charge in [-0.25, -0.2) is 0 Å². The second kappa shape index (κ2) is 55.0. The zero-order valence-corrected chi connectivity index (χ0v) is 50.9. The third-order valence-corrected chi connectivity index (χ3v) is 14.9. The summed E-state index contributed by atoms with van der Waals surface area (Å²) in [5, 5.41) is 3.03. The number of carbonyl (C=O) groups is 2. The highest BCUT2D eigenvalue weighted by atomic mass is 31.2. The van der Waals surface area contributed by atoms with Gasteiger partial charge in [0.05, 0.1) is 33.8 Å². The number of likely N-dealkylation sites (N-methyl/N-ethyl adjacent to an activating group) is 1. The Hall–Kier alpha value is -2.29. The Labute approximate surface area is 464 Å². The Morgan fingerprint density at radius 1 is 0.467 bits per heavy atom. The molecule has 75 heavy (non-hydrogen) atoms. The molecule has 3 atom stereocenters. The quantitative estimate of drug-likeness (QED) is 0.0212. The molecule has 0 saturated carbocycles. The topological polar surface area (TPSA) is 114 Å². The summed E-state index contributed by atoms with van der Waals surface area (Å²) in [5.41, 5.74) is 0. The van der Waals surface area contributed by atoms with Gasteiger partial charge in [0.25, 0.3) is 7.82 Å². The largest absolute Gasteiger partial charge is 0.756 e. The number of phosphoric ester groups is 1. The summed E-state index contributed by atoms with van der Waals surface area (Å²) >= 11 is 0. The third kappa shape index (κ3) is 56.2. The summed E-state index contributed by atoms with van der Waals surface area (Å²) in [4.78, 5) is 40.0. The fourth-order valence-corrected chi connectivity index (χ4v) is 9.76. The standard InChI is InChI=1S/C65H121N2O7P/c1-7-10-13-16-19-22-25-28-29-30-31-32-33-34-35-36-37-40-42-45-48-51-54-57-64(68)66-62(61-73-75(70,71)72-60-59-67(4,5)6)63(56-53-50-47-44-41-38-26-23-20-17-14-11-8-2)74-65(69)58-55-52-49-46-43-39-27-24-21-18-15-12-9-3/h19,22,28-29,31-32,34-35,53,56,62-63H,7-18,20-21,23-27,30,33,36-52,54-55,57-61H2,1-6H3,(H-,66,68,70,71)/b22-19-,29-28-,32-31-,35-34-,56-53-. The van der Waals surface area contributed by atoms with Gasteiger partial charge in [-0.15, -0.1) is 0 Å². The van der Waals surface area contributed by atoms with E-state index in [0.29, 0.717) is 17.4 Å². The monoisotopic (exact) mass is 1070 g/mol. The number of hydrogen-bond acceptors (Lipinski definition) is 7.